The Morgan fingerprint density at radius 1 is 1.50 bits per heavy atom. The van der Waals surface area contributed by atoms with Crippen molar-refractivity contribution in [2.24, 2.45) is 0 Å². The first-order valence-electron chi connectivity index (χ1n) is 5.28. The minimum Gasteiger partial charge on any atom is -0.481 e. The average molecular weight is 256 g/mol. The first kappa shape index (κ1) is 12.3. The van der Waals surface area contributed by atoms with E-state index in [0.717, 1.165) is 0 Å². The third kappa shape index (κ3) is 2.56. The van der Waals surface area contributed by atoms with Crippen molar-refractivity contribution in [1.29, 1.82) is 0 Å². The molecule has 0 radical (unpaired) electrons. The van der Waals surface area contributed by atoms with Crippen LogP contribution in [0.15, 0.2) is 4.63 Å². The van der Waals surface area contributed by atoms with E-state index >= 15 is 0 Å². The molecule has 0 aliphatic carbocycles. The number of nitrogens with zero attached hydrogens (tertiary/aromatic N) is 3. The maximum atomic E-state index is 12.0. The zero-order chi connectivity index (χ0) is 13.1. The van der Waals surface area contributed by atoms with Gasteiger partial charge in [0.1, 0.15) is 0 Å². The van der Waals surface area contributed by atoms with Crippen molar-refractivity contribution >= 4 is 17.7 Å². The van der Waals surface area contributed by atoms with E-state index in [2.05, 4.69) is 14.9 Å². The zero-order valence-corrected chi connectivity index (χ0v) is 9.40. The van der Waals surface area contributed by atoms with Crippen LogP contribution in [0.5, 0.6) is 0 Å². The van der Waals surface area contributed by atoms with Crippen LogP contribution in [0.25, 0.3) is 0 Å². The highest BCUT2D eigenvalue weighted by atomic mass is 16.6. The molecule has 1 atom stereocenters. The lowest BCUT2D eigenvalue weighted by atomic mass is 10.2. The number of aromatic nitrogens is 2. The molecule has 98 valence electrons. The summed E-state index contributed by atoms with van der Waals surface area (Å²) < 4.78 is 9.60. The fourth-order valence-corrected chi connectivity index (χ4v) is 1.72. The van der Waals surface area contributed by atoms with E-state index in [-0.39, 0.29) is 31.1 Å². The van der Waals surface area contributed by atoms with Gasteiger partial charge in [-0.3, -0.25) is 9.59 Å². The van der Waals surface area contributed by atoms with Crippen LogP contribution < -0.4 is 5.73 Å². The SMILES string of the molecule is Nc1nonc1C(=O)N1CCOC(CC(=O)O)C1. The summed E-state index contributed by atoms with van der Waals surface area (Å²) in [5, 5.41) is 15.4. The number of carboxylic acids is 1. The Morgan fingerprint density at radius 2 is 2.28 bits per heavy atom. The predicted molar refractivity (Wildman–Crippen MR) is 56.6 cm³/mol. The van der Waals surface area contributed by atoms with Gasteiger partial charge in [0.25, 0.3) is 5.91 Å². The molecule has 2 rings (SSSR count). The number of anilines is 1. The number of amides is 1. The molecule has 2 heterocycles. The van der Waals surface area contributed by atoms with Gasteiger partial charge in [-0.2, -0.15) is 0 Å². The largest absolute Gasteiger partial charge is 0.481 e. The normalized spacial score (nSPS) is 19.8. The molecule has 9 heteroatoms. The van der Waals surface area contributed by atoms with E-state index in [4.69, 9.17) is 15.6 Å². The van der Waals surface area contributed by atoms with Crippen molar-refractivity contribution in [3.8, 4) is 0 Å². The van der Waals surface area contributed by atoms with Gasteiger partial charge in [0.15, 0.2) is 0 Å². The highest BCUT2D eigenvalue weighted by molar-refractivity contribution is 5.96. The highest BCUT2D eigenvalue weighted by Crippen LogP contribution is 2.14. The maximum absolute atomic E-state index is 12.0. The van der Waals surface area contributed by atoms with Gasteiger partial charge < -0.3 is 20.5 Å². The van der Waals surface area contributed by atoms with E-state index in [1.807, 2.05) is 0 Å². The van der Waals surface area contributed by atoms with E-state index in [9.17, 15) is 9.59 Å². The molecule has 0 saturated carbocycles. The topological polar surface area (TPSA) is 132 Å². The minimum absolute atomic E-state index is 0.0639. The Hall–Kier alpha value is -2.16. The number of rotatable bonds is 3. The number of ether oxygens (including phenoxy) is 1. The molecule has 3 N–H and O–H groups in total. The minimum atomic E-state index is -0.975. The predicted octanol–water partition coefficient (Wildman–Crippen LogP) is -1.03. The summed E-state index contributed by atoms with van der Waals surface area (Å²) in [7, 11) is 0. The summed E-state index contributed by atoms with van der Waals surface area (Å²) in [4.78, 5) is 24.0. The first-order valence-corrected chi connectivity index (χ1v) is 5.28. The molecule has 1 fully saturated rings. The Morgan fingerprint density at radius 3 is 2.89 bits per heavy atom. The molecule has 0 spiro atoms. The lowest BCUT2D eigenvalue weighted by Gasteiger charge is -2.31. The van der Waals surface area contributed by atoms with Crippen molar-refractivity contribution in [2.45, 2.75) is 12.5 Å². The van der Waals surface area contributed by atoms with Crippen LogP contribution in [0.2, 0.25) is 0 Å². The number of hydrogen-bond donors (Lipinski definition) is 2. The summed E-state index contributed by atoms with van der Waals surface area (Å²) in [5.74, 6) is -1.49. The van der Waals surface area contributed by atoms with Gasteiger partial charge in [-0.25, -0.2) is 4.63 Å². The highest BCUT2D eigenvalue weighted by Gasteiger charge is 2.29. The van der Waals surface area contributed by atoms with E-state index in [1.165, 1.54) is 4.90 Å². The van der Waals surface area contributed by atoms with Crippen molar-refractivity contribution in [2.75, 3.05) is 25.4 Å². The third-order valence-electron chi connectivity index (χ3n) is 2.54. The monoisotopic (exact) mass is 256 g/mol. The second-order valence-electron chi connectivity index (χ2n) is 3.84. The molecule has 1 aliphatic heterocycles. The molecule has 1 saturated heterocycles. The number of carbonyl (C=O) groups excluding carboxylic acids is 1. The second-order valence-corrected chi connectivity index (χ2v) is 3.84. The molecule has 9 nitrogen and oxygen atoms in total. The first-order chi connectivity index (χ1) is 8.58. The van der Waals surface area contributed by atoms with Gasteiger partial charge in [0.2, 0.25) is 11.5 Å². The summed E-state index contributed by atoms with van der Waals surface area (Å²) in [6.07, 6.45) is -0.683. The maximum Gasteiger partial charge on any atom is 0.306 e. The van der Waals surface area contributed by atoms with Crippen molar-refractivity contribution in [3.63, 3.8) is 0 Å². The zero-order valence-electron chi connectivity index (χ0n) is 9.40. The molecule has 1 unspecified atom stereocenters. The van der Waals surface area contributed by atoms with Crippen LogP contribution in [0, 0.1) is 0 Å². The number of hydrogen-bond acceptors (Lipinski definition) is 7. The van der Waals surface area contributed by atoms with E-state index in [0.29, 0.717) is 6.54 Å². The standard InChI is InChI=1S/C9H12N4O5/c10-8-7(11-18-12-8)9(16)13-1-2-17-5(4-13)3-6(14)15/h5H,1-4H2,(H2,10,12)(H,14,15). The molecule has 0 aromatic carbocycles. The van der Waals surface area contributed by atoms with Gasteiger partial charge in [0.05, 0.1) is 19.1 Å². The Balaban J connectivity index is 2.03. The van der Waals surface area contributed by atoms with Crippen molar-refractivity contribution < 1.29 is 24.1 Å². The van der Waals surface area contributed by atoms with Crippen LogP contribution in [0.3, 0.4) is 0 Å². The number of carbonyl (C=O) groups is 2. The number of morpholine rings is 1. The molecular formula is C9H12N4O5. The smallest absolute Gasteiger partial charge is 0.306 e. The van der Waals surface area contributed by atoms with Gasteiger partial charge in [0, 0.05) is 13.1 Å². The Bertz CT molecular complexity index is 460. The number of nitrogens with two attached hydrogens (primary N) is 1. The van der Waals surface area contributed by atoms with Crippen LogP contribution in [0.4, 0.5) is 5.82 Å². The van der Waals surface area contributed by atoms with Crippen LogP contribution in [0.1, 0.15) is 16.9 Å². The average Bonchev–Trinajstić information content (AvgIpc) is 2.74. The number of nitrogen functional groups attached to an aromatic ring is 1. The fraction of sp³-hybridized carbons (Fsp3) is 0.556. The van der Waals surface area contributed by atoms with Crippen molar-refractivity contribution in [3.05, 3.63) is 5.69 Å². The molecule has 0 bridgehead atoms. The van der Waals surface area contributed by atoms with Crippen LogP contribution >= 0.6 is 0 Å². The summed E-state index contributed by atoms with van der Waals surface area (Å²) in [6, 6.07) is 0. The number of carboxylic acid groups (broad SMARTS) is 1. The molecule has 1 aromatic rings. The lowest BCUT2D eigenvalue weighted by Crippen LogP contribution is -2.46. The lowest BCUT2D eigenvalue weighted by molar-refractivity contribution is -0.141. The fourth-order valence-electron chi connectivity index (χ4n) is 1.72. The summed E-state index contributed by atoms with van der Waals surface area (Å²) >= 11 is 0. The molecular weight excluding hydrogens is 244 g/mol. The van der Waals surface area contributed by atoms with Crippen molar-refractivity contribution in [1.82, 2.24) is 15.2 Å². The Kier molecular flexibility index (Phi) is 3.42. The van der Waals surface area contributed by atoms with Gasteiger partial charge in [-0.05, 0) is 10.3 Å². The van der Waals surface area contributed by atoms with E-state index < -0.39 is 18.0 Å². The quantitative estimate of drug-likeness (QED) is 0.701. The van der Waals surface area contributed by atoms with Crippen LogP contribution in [-0.4, -0.2) is 58.0 Å². The van der Waals surface area contributed by atoms with Gasteiger partial charge >= 0.3 is 5.97 Å². The molecule has 1 aromatic heterocycles. The molecule has 1 amide bonds. The molecule has 18 heavy (non-hydrogen) atoms. The molecule has 1 aliphatic rings. The van der Waals surface area contributed by atoms with Gasteiger partial charge in [-0.1, -0.05) is 0 Å². The van der Waals surface area contributed by atoms with Gasteiger partial charge in [-0.15, -0.1) is 0 Å². The second kappa shape index (κ2) is 5.00. The number of aliphatic carboxylic acids is 1. The summed E-state index contributed by atoms with van der Waals surface area (Å²) in [6.45, 7) is 0.799. The third-order valence-corrected chi connectivity index (χ3v) is 2.54. The van der Waals surface area contributed by atoms with E-state index in [1.54, 1.807) is 0 Å². The Labute approximate surface area is 101 Å². The summed E-state index contributed by atoms with van der Waals surface area (Å²) in [5.41, 5.74) is 5.36. The van der Waals surface area contributed by atoms with Crippen LogP contribution in [-0.2, 0) is 9.53 Å².